The zero-order valence-corrected chi connectivity index (χ0v) is 17.0. The molecule has 2 aromatic rings. The number of nitrogen functional groups attached to an aromatic ring is 1. The number of hydrogen-bond donors (Lipinski definition) is 3. The maximum Gasteiger partial charge on any atom is 0.329 e. The van der Waals surface area contributed by atoms with Gasteiger partial charge in [-0.15, -0.1) is 0 Å². The topological polar surface area (TPSA) is 110 Å². The Kier molecular flexibility index (Phi) is 7.34. The number of H-pyrrole nitrogens is 1. The number of nitrogens with two attached hydrogens (primary N) is 1. The summed E-state index contributed by atoms with van der Waals surface area (Å²) in [5.74, 6) is -0.264. The summed E-state index contributed by atoms with van der Waals surface area (Å²) in [5.41, 5.74) is 6.81. The molecule has 0 aliphatic heterocycles. The van der Waals surface area contributed by atoms with Gasteiger partial charge in [-0.05, 0) is 29.9 Å². The van der Waals surface area contributed by atoms with Gasteiger partial charge in [0.15, 0.2) is 5.78 Å². The molecule has 2 rings (SSSR count). The minimum absolute atomic E-state index is 0.0447. The normalized spacial score (nSPS) is 12.3. The number of aryl methyl sites for hydroxylation is 1. The summed E-state index contributed by atoms with van der Waals surface area (Å²) < 4.78 is 1.23. The first-order chi connectivity index (χ1) is 13.3. The molecule has 0 fully saturated rings. The van der Waals surface area contributed by atoms with Gasteiger partial charge in [-0.2, -0.15) is 0 Å². The van der Waals surface area contributed by atoms with Crippen LogP contribution in [-0.2, 0) is 13.0 Å². The van der Waals surface area contributed by atoms with Crippen LogP contribution in [0.4, 0.5) is 5.82 Å². The molecule has 0 amide bonds. The second-order valence-electron chi connectivity index (χ2n) is 7.29. The predicted octanol–water partition coefficient (Wildman–Crippen LogP) is 2.26. The van der Waals surface area contributed by atoms with Crippen molar-refractivity contribution >= 4 is 11.6 Å². The molecule has 0 aliphatic carbocycles. The lowest BCUT2D eigenvalue weighted by Crippen LogP contribution is -2.39. The number of carbonyl (C=O) groups excluding carboxylic acids is 1. The van der Waals surface area contributed by atoms with Crippen LogP contribution in [0.5, 0.6) is 0 Å². The summed E-state index contributed by atoms with van der Waals surface area (Å²) in [6.45, 7) is 8.42. The monoisotopic (exact) mass is 386 g/mol. The first-order valence-electron chi connectivity index (χ1n) is 9.78. The highest BCUT2D eigenvalue weighted by atomic mass is 16.2. The first-order valence-corrected chi connectivity index (χ1v) is 9.78. The highest BCUT2D eigenvalue weighted by Gasteiger charge is 2.22. The van der Waals surface area contributed by atoms with E-state index in [0.29, 0.717) is 13.0 Å². The zero-order valence-electron chi connectivity index (χ0n) is 17.0. The second-order valence-corrected chi connectivity index (χ2v) is 7.29. The Morgan fingerprint density at radius 1 is 1.18 bits per heavy atom. The number of nitrogens with one attached hydrogen (secondary N) is 2. The van der Waals surface area contributed by atoms with Crippen molar-refractivity contribution in [2.75, 3.05) is 12.3 Å². The molecule has 0 radical (unpaired) electrons. The van der Waals surface area contributed by atoms with Gasteiger partial charge in [0, 0.05) is 12.6 Å². The third-order valence-electron chi connectivity index (χ3n) is 4.86. The van der Waals surface area contributed by atoms with Gasteiger partial charge < -0.3 is 11.1 Å². The summed E-state index contributed by atoms with van der Waals surface area (Å²) in [6, 6.07) is 8.24. The number of nitrogens with zero attached hydrogens (tertiary/aromatic N) is 1. The van der Waals surface area contributed by atoms with Crippen molar-refractivity contribution in [3.63, 3.8) is 0 Å². The molecular formula is C21H30N4O3. The number of aromatic amines is 1. The Morgan fingerprint density at radius 2 is 1.82 bits per heavy atom. The Balaban J connectivity index is 2.24. The molecular weight excluding hydrogens is 356 g/mol. The Labute approximate surface area is 165 Å². The summed E-state index contributed by atoms with van der Waals surface area (Å²) >= 11 is 0. The van der Waals surface area contributed by atoms with E-state index in [1.54, 1.807) is 0 Å². The third kappa shape index (κ3) is 4.78. The van der Waals surface area contributed by atoms with Crippen molar-refractivity contribution in [1.29, 1.82) is 0 Å². The van der Waals surface area contributed by atoms with Gasteiger partial charge in [0.2, 0.25) is 0 Å². The van der Waals surface area contributed by atoms with E-state index in [1.807, 2.05) is 6.92 Å². The average molecular weight is 386 g/mol. The molecule has 0 bridgehead atoms. The third-order valence-corrected chi connectivity index (χ3v) is 4.86. The van der Waals surface area contributed by atoms with Gasteiger partial charge in [-0.25, -0.2) is 4.79 Å². The second kappa shape index (κ2) is 9.50. The lowest BCUT2D eigenvalue weighted by molar-refractivity contribution is 0.0983. The van der Waals surface area contributed by atoms with Crippen LogP contribution in [-0.4, -0.2) is 21.9 Å². The summed E-state index contributed by atoms with van der Waals surface area (Å²) in [6.07, 6.45) is 1.62. The fraction of sp³-hybridized carbons (Fsp3) is 0.476. The highest BCUT2D eigenvalue weighted by Crippen LogP contribution is 2.22. The largest absolute Gasteiger partial charge is 0.384 e. The number of hydrogen-bond acceptors (Lipinski definition) is 5. The van der Waals surface area contributed by atoms with Crippen LogP contribution in [0.2, 0.25) is 0 Å². The van der Waals surface area contributed by atoms with Crippen molar-refractivity contribution in [2.45, 2.75) is 53.1 Å². The van der Waals surface area contributed by atoms with E-state index in [4.69, 9.17) is 5.73 Å². The first kappa shape index (κ1) is 21.6. The molecule has 0 saturated carbocycles. The van der Waals surface area contributed by atoms with Crippen molar-refractivity contribution in [1.82, 2.24) is 14.9 Å². The minimum atomic E-state index is -0.741. The van der Waals surface area contributed by atoms with E-state index in [9.17, 15) is 14.4 Å². The van der Waals surface area contributed by atoms with Crippen molar-refractivity contribution in [2.24, 2.45) is 5.92 Å². The maximum atomic E-state index is 12.7. The van der Waals surface area contributed by atoms with Crippen molar-refractivity contribution in [3.05, 3.63) is 61.8 Å². The SMILES string of the molecule is CCCn1c(N)c(C(=O)CN[C@@H](c2ccc(CC)cc2)C(C)C)c(=O)[nH]c1=O. The van der Waals surface area contributed by atoms with Gasteiger partial charge in [0.25, 0.3) is 5.56 Å². The minimum Gasteiger partial charge on any atom is -0.384 e. The molecule has 0 unspecified atom stereocenters. The van der Waals surface area contributed by atoms with Crippen LogP contribution < -0.4 is 22.3 Å². The van der Waals surface area contributed by atoms with E-state index in [-0.39, 0.29) is 29.9 Å². The standard InChI is InChI=1S/C21H30N4O3/c1-5-11-25-19(22)17(20(27)24-21(25)28)16(26)12-23-18(13(3)4)15-9-7-14(6-2)8-10-15/h7-10,13,18,23H,5-6,11-12,22H2,1-4H3,(H,24,27,28)/t18-/m1/s1. The number of aromatic nitrogens is 2. The zero-order chi connectivity index (χ0) is 20.8. The van der Waals surface area contributed by atoms with E-state index >= 15 is 0 Å². The Bertz CT molecular complexity index is 926. The van der Waals surface area contributed by atoms with Crippen molar-refractivity contribution in [3.8, 4) is 0 Å². The van der Waals surface area contributed by atoms with Gasteiger partial charge >= 0.3 is 5.69 Å². The molecule has 0 spiro atoms. The molecule has 28 heavy (non-hydrogen) atoms. The molecule has 1 aromatic carbocycles. The smallest absolute Gasteiger partial charge is 0.329 e. The predicted molar refractivity (Wildman–Crippen MR) is 112 cm³/mol. The molecule has 1 aromatic heterocycles. The van der Waals surface area contributed by atoms with Crippen molar-refractivity contribution < 1.29 is 4.79 Å². The van der Waals surface area contributed by atoms with Crippen LogP contribution >= 0.6 is 0 Å². The van der Waals surface area contributed by atoms with Gasteiger partial charge in [0.1, 0.15) is 11.4 Å². The summed E-state index contributed by atoms with van der Waals surface area (Å²) in [4.78, 5) is 39.0. The van der Waals surface area contributed by atoms with Crippen LogP contribution in [0, 0.1) is 5.92 Å². The Hall–Kier alpha value is -2.67. The Morgan fingerprint density at radius 3 is 2.36 bits per heavy atom. The molecule has 1 heterocycles. The number of benzene rings is 1. The number of rotatable bonds is 9. The van der Waals surface area contributed by atoms with E-state index in [2.05, 4.69) is 55.3 Å². The molecule has 0 aliphatic rings. The molecule has 1 atom stereocenters. The quantitative estimate of drug-likeness (QED) is 0.573. The lowest BCUT2D eigenvalue weighted by Gasteiger charge is -2.23. The highest BCUT2D eigenvalue weighted by molar-refractivity contribution is 6.01. The molecule has 7 nitrogen and oxygen atoms in total. The van der Waals surface area contributed by atoms with Gasteiger partial charge in [0.05, 0.1) is 6.54 Å². The lowest BCUT2D eigenvalue weighted by atomic mass is 9.94. The average Bonchev–Trinajstić information content (AvgIpc) is 2.65. The van der Waals surface area contributed by atoms with Crippen LogP contribution in [0.3, 0.4) is 0 Å². The molecule has 152 valence electrons. The maximum absolute atomic E-state index is 12.7. The van der Waals surface area contributed by atoms with Crippen LogP contribution in [0.1, 0.15) is 61.6 Å². The van der Waals surface area contributed by atoms with Gasteiger partial charge in [-0.1, -0.05) is 52.0 Å². The summed E-state index contributed by atoms with van der Waals surface area (Å²) in [5, 5.41) is 3.25. The number of carbonyl (C=O) groups is 1. The van der Waals surface area contributed by atoms with Crippen LogP contribution in [0.25, 0.3) is 0 Å². The molecule has 4 N–H and O–H groups in total. The number of Topliss-reactive ketones (excluding diaryl/α,β-unsaturated/α-hetero) is 1. The molecule has 0 saturated heterocycles. The fourth-order valence-electron chi connectivity index (χ4n) is 3.29. The number of ketones is 1. The van der Waals surface area contributed by atoms with E-state index in [1.165, 1.54) is 10.1 Å². The van der Waals surface area contributed by atoms with Gasteiger partial charge in [-0.3, -0.25) is 19.1 Å². The van der Waals surface area contributed by atoms with E-state index in [0.717, 1.165) is 12.0 Å². The summed E-state index contributed by atoms with van der Waals surface area (Å²) in [7, 11) is 0. The molecule has 7 heteroatoms. The van der Waals surface area contributed by atoms with E-state index < -0.39 is 17.0 Å². The van der Waals surface area contributed by atoms with Crippen LogP contribution in [0.15, 0.2) is 33.9 Å². The number of anilines is 1. The fourth-order valence-corrected chi connectivity index (χ4v) is 3.29.